The minimum Gasteiger partial charge on any atom is -1.00 e. The molecular weight excluding hydrogens is 276 g/mol. The van der Waals surface area contributed by atoms with Crippen LogP contribution >= 0.6 is 0 Å². The molecular formula is C14H19BrN2. The molecule has 0 amide bonds. The number of rotatable bonds is 2. The zero-order chi connectivity index (χ0) is 11.4. The lowest BCUT2D eigenvalue weighted by Gasteiger charge is -2.31. The van der Waals surface area contributed by atoms with Crippen molar-refractivity contribution in [3.63, 3.8) is 0 Å². The second-order valence-electron chi connectivity index (χ2n) is 4.51. The fourth-order valence-corrected chi connectivity index (χ4v) is 2.10. The maximum Gasteiger partial charge on any atom is 0.217 e. The molecule has 1 aliphatic heterocycles. The van der Waals surface area contributed by atoms with Crippen LogP contribution in [0.15, 0.2) is 36.8 Å². The van der Waals surface area contributed by atoms with Crippen molar-refractivity contribution in [2.24, 2.45) is 5.92 Å². The first-order valence-corrected chi connectivity index (χ1v) is 5.91. The van der Waals surface area contributed by atoms with E-state index in [0.29, 0.717) is 0 Å². The molecule has 1 aromatic heterocycles. The fourth-order valence-electron chi connectivity index (χ4n) is 2.10. The third kappa shape index (κ3) is 3.72. The molecule has 92 valence electrons. The van der Waals surface area contributed by atoms with Crippen molar-refractivity contribution >= 4 is 11.9 Å². The molecule has 0 aliphatic carbocycles. The quantitative estimate of drug-likeness (QED) is 0.526. The van der Waals surface area contributed by atoms with Crippen LogP contribution in [0.3, 0.4) is 0 Å². The highest BCUT2D eigenvalue weighted by Gasteiger charge is 2.16. The summed E-state index contributed by atoms with van der Waals surface area (Å²) in [6, 6.07) is 4.31. The normalized spacial score (nSPS) is 15.9. The number of halogens is 1. The van der Waals surface area contributed by atoms with E-state index in [9.17, 15) is 0 Å². The molecule has 1 fully saturated rings. The summed E-state index contributed by atoms with van der Waals surface area (Å²) >= 11 is 0. The van der Waals surface area contributed by atoms with E-state index in [4.69, 9.17) is 0 Å². The Labute approximate surface area is 114 Å². The van der Waals surface area contributed by atoms with Gasteiger partial charge < -0.3 is 21.9 Å². The number of pyridine rings is 1. The minimum absolute atomic E-state index is 0. The van der Waals surface area contributed by atoms with E-state index in [1.54, 1.807) is 0 Å². The second kappa shape index (κ2) is 6.63. The predicted molar refractivity (Wildman–Crippen MR) is 67.1 cm³/mol. The third-order valence-electron chi connectivity index (χ3n) is 3.22. The summed E-state index contributed by atoms with van der Waals surface area (Å²) in [5.74, 6) is 0.883. The summed E-state index contributed by atoms with van der Waals surface area (Å²) in [6.07, 6.45) is 8.53. The molecule has 17 heavy (non-hydrogen) atoms. The van der Waals surface area contributed by atoms with E-state index in [-0.39, 0.29) is 17.0 Å². The number of nitrogens with zero attached hydrogens (tertiary/aromatic N) is 2. The molecule has 2 nitrogen and oxygen atoms in total. The van der Waals surface area contributed by atoms with E-state index in [1.807, 2.05) is 23.2 Å². The van der Waals surface area contributed by atoms with Crippen LogP contribution in [0, 0.1) is 5.92 Å². The van der Waals surface area contributed by atoms with Crippen LogP contribution < -0.4 is 26.4 Å². The highest BCUT2D eigenvalue weighted by molar-refractivity contribution is 5.44. The molecule has 1 saturated heterocycles. The van der Waals surface area contributed by atoms with Crippen molar-refractivity contribution < 1.29 is 21.5 Å². The summed E-state index contributed by atoms with van der Waals surface area (Å²) in [4.78, 5) is 2.46. The number of piperidine rings is 1. The number of hydrogen-bond donors (Lipinski definition) is 0. The first-order chi connectivity index (χ1) is 7.79. The lowest BCUT2D eigenvalue weighted by molar-refractivity contribution is -0.567. The average Bonchev–Trinajstić information content (AvgIpc) is 2.32. The summed E-state index contributed by atoms with van der Waals surface area (Å²) in [5.41, 5.74) is 4.08. The molecule has 0 N–H and O–H groups in total. The van der Waals surface area contributed by atoms with Gasteiger partial charge >= 0.3 is 0 Å². The van der Waals surface area contributed by atoms with Crippen LogP contribution in [-0.4, -0.2) is 13.1 Å². The van der Waals surface area contributed by atoms with Gasteiger partial charge in [-0.1, -0.05) is 19.2 Å². The van der Waals surface area contributed by atoms with Gasteiger partial charge in [-0.25, -0.2) is 0 Å². The van der Waals surface area contributed by atoms with Crippen LogP contribution in [0.5, 0.6) is 0 Å². The van der Waals surface area contributed by atoms with Crippen LogP contribution in [-0.2, 0) is 0 Å². The summed E-state index contributed by atoms with van der Waals surface area (Å²) < 4.78 is 1.96. The maximum atomic E-state index is 3.56. The first kappa shape index (κ1) is 14.0. The van der Waals surface area contributed by atoms with Gasteiger partial charge in [0.25, 0.3) is 0 Å². The summed E-state index contributed by atoms with van der Waals surface area (Å²) in [7, 11) is 0. The average molecular weight is 295 g/mol. The lowest BCUT2D eigenvalue weighted by atomic mass is 9.99. The monoisotopic (exact) mass is 294 g/mol. The molecule has 0 aromatic carbocycles. The van der Waals surface area contributed by atoms with E-state index < -0.39 is 0 Å². The van der Waals surface area contributed by atoms with Crippen molar-refractivity contribution in [3.8, 4) is 0 Å². The largest absolute Gasteiger partial charge is 1.00 e. The van der Waals surface area contributed by atoms with Gasteiger partial charge in [-0.2, -0.15) is 4.57 Å². The van der Waals surface area contributed by atoms with Gasteiger partial charge in [0.2, 0.25) is 6.20 Å². The molecule has 0 bridgehead atoms. The zero-order valence-corrected chi connectivity index (χ0v) is 11.9. The zero-order valence-electron chi connectivity index (χ0n) is 10.3. The first-order valence-electron chi connectivity index (χ1n) is 5.91. The topological polar surface area (TPSA) is 7.12 Å². The Hall–Kier alpha value is -1.05. The Kier molecular flexibility index (Phi) is 5.46. The van der Waals surface area contributed by atoms with Crippen molar-refractivity contribution in [2.45, 2.75) is 19.8 Å². The molecule has 0 spiro atoms. The van der Waals surface area contributed by atoms with Gasteiger partial charge in [-0.3, -0.25) is 0 Å². The fraction of sp³-hybridized carbons (Fsp3) is 0.429. The van der Waals surface area contributed by atoms with Gasteiger partial charge in [0, 0.05) is 30.9 Å². The number of hydrogen-bond acceptors (Lipinski definition) is 1. The van der Waals surface area contributed by atoms with Gasteiger partial charge in [-0.15, -0.1) is 0 Å². The highest BCUT2D eigenvalue weighted by Crippen LogP contribution is 2.21. The highest BCUT2D eigenvalue weighted by atomic mass is 79.9. The van der Waals surface area contributed by atoms with Crippen LogP contribution in [0.25, 0.3) is 6.20 Å². The van der Waals surface area contributed by atoms with Crippen molar-refractivity contribution in [3.05, 3.63) is 36.8 Å². The summed E-state index contributed by atoms with van der Waals surface area (Å²) in [6.45, 7) is 8.27. The smallest absolute Gasteiger partial charge is 0.217 e. The van der Waals surface area contributed by atoms with Crippen LogP contribution in [0.4, 0.5) is 5.69 Å². The molecule has 2 heterocycles. The Bertz CT molecular complexity index is 385. The Morgan fingerprint density at radius 2 is 1.94 bits per heavy atom. The molecule has 1 aliphatic rings. The molecule has 1 aromatic rings. The Morgan fingerprint density at radius 1 is 1.35 bits per heavy atom. The molecule has 0 unspecified atom stereocenters. The van der Waals surface area contributed by atoms with Crippen molar-refractivity contribution in [2.75, 3.05) is 18.0 Å². The van der Waals surface area contributed by atoms with Crippen LogP contribution in [0.2, 0.25) is 0 Å². The molecule has 0 saturated carbocycles. The van der Waals surface area contributed by atoms with Gasteiger partial charge in [-0.05, 0) is 18.8 Å². The van der Waals surface area contributed by atoms with Gasteiger partial charge in [0.1, 0.15) is 0 Å². The van der Waals surface area contributed by atoms with E-state index in [1.165, 1.54) is 31.6 Å². The number of aromatic nitrogens is 1. The predicted octanol–water partition coefficient (Wildman–Crippen LogP) is -0.530. The molecule has 3 heteroatoms. The van der Waals surface area contributed by atoms with Crippen LogP contribution in [0.1, 0.15) is 19.8 Å². The lowest BCUT2D eigenvalue weighted by Crippen LogP contribution is -3.00. The molecule has 2 rings (SSSR count). The SMILES string of the molecule is C=C=C[n+]1ccc(N2CCC(C)CC2)cc1.[Br-]. The summed E-state index contributed by atoms with van der Waals surface area (Å²) in [5, 5.41) is 0. The minimum atomic E-state index is 0. The van der Waals surface area contributed by atoms with Crippen molar-refractivity contribution in [1.82, 2.24) is 0 Å². The van der Waals surface area contributed by atoms with E-state index in [2.05, 4.69) is 36.3 Å². The Balaban J connectivity index is 0.00000144. The maximum absolute atomic E-state index is 3.56. The van der Waals surface area contributed by atoms with E-state index in [0.717, 1.165) is 5.92 Å². The second-order valence-corrected chi connectivity index (χ2v) is 4.51. The molecule has 0 atom stereocenters. The van der Waals surface area contributed by atoms with E-state index >= 15 is 0 Å². The molecule has 0 radical (unpaired) electrons. The standard InChI is InChI=1S/C14H19N2.BrH/c1-3-8-15-9-6-14(7-10-15)16-11-4-13(2)5-12-16;/h6-10,13H,1,4-5,11-12H2,2H3;1H/q+1;/p-1. The van der Waals surface area contributed by atoms with Gasteiger partial charge in [0.15, 0.2) is 12.4 Å². The third-order valence-corrected chi connectivity index (χ3v) is 3.22. The van der Waals surface area contributed by atoms with Gasteiger partial charge in [0.05, 0.1) is 0 Å². The Morgan fingerprint density at radius 3 is 2.47 bits per heavy atom. The number of anilines is 1. The van der Waals surface area contributed by atoms with Crippen molar-refractivity contribution in [1.29, 1.82) is 0 Å².